The fourth-order valence-corrected chi connectivity index (χ4v) is 2.68. The number of pyridine rings is 1. The summed E-state index contributed by atoms with van der Waals surface area (Å²) in [7, 11) is 0. The molecule has 1 saturated heterocycles. The Balaban J connectivity index is 2.14. The number of carbonyl (C=O) groups is 1. The van der Waals surface area contributed by atoms with E-state index in [2.05, 4.69) is 11.9 Å². The van der Waals surface area contributed by atoms with Gasteiger partial charge in [-0.2, -0.15) is 0 Å². The van der Waals surface area contributed by atoms with Crippen LogP contribution in [0, 0.1) is 0 Å². The lowest BCUT2D eigenvalue weighted by molar-refractivity contribution is 0.0439. The number of rotatable bonds is 5. The van der Waals surface area contributed by atoms with Crippen molar-refractivity contribution in [1.82, 2.24) is 4.98 Å². The second-order valence-corrected chi connectivity index (χ2v) is 5.26. The van der Waals surface area contributed by atoms with E-state index in [4.69, 9.17) is 21.4 Å². The van der Waals surface area contributed by atoms with Gasteiger partial charge in [-0.05, 0) is 25.3 Å². The maximum Gasteiger partial charge on any atom is 0.337 e. The Labute approximate surface area is 123 Å². The highest BCUT2D eigenvalue weighted by Crippen LogP contribution is 2.29. The molecule has 20 heavy (non-hydrogen) atoms. The van der Waals surface area contributed by atoms with Crippen molar-refractivity contribution < 1.29 is 14.6 Å². The molecule has 6 heteroatoms. The molecule has 0 amide bonds. The van der Waals surface area contributed by atoms with E-state index in [-0.39, 0.29) is 16.7 Å². The number of aromatic nitrogens is 1. The number of hydrogen-bond donors (Lipinski definition) is 1. The number of aromatic carboxylic acids is 1. The minimum absolute atomic E-state index is 0.0910. The number of nitrogens with zero attached hydrogens (tertiary/aromatic N) is 2. The summed E-state index contributed by atoms with van der Waals surface area (Å²) in [6.45, 7) is 4.35. The minimum atomic E-state index is -1.03. The third kappa shape index (κ3) is 3.41. The molecule has 1 aromatic rings. The van der Waals surface area contributed by atoms with E-state index in [0.29, 0.717) is 12.4 Å². The molecule has 1 aliphatic rings. The molecule has 1 fully saturated rings. The molecule has 1 N–H and O–H groups in total. The summed E-state index contributed by atoms with van der Waals surface area (Å²) in [4.78, 5) is 17.4. The fourth-order valence-electron chi connectivity index (χ4n) is 2.37. The van der Waals surface area contributed by atoms with Crippen LogP contribution in [-0.2, 0) is 4.74 Å². The van der Waals surface area contributed by atoms with E-state index in [0.717, 1.165) is 32.4 Å². The van der Waals surface area contributed by atoms with E-state index in [1.807, 2.05) is 4.90 Å². The van der Waals surface area contributed by atoms with Gasteiger partial charge in [0.2, 0.25) is 0 Å². The Bertz CT molecular complexity index is 481. The number of ether oxygens (including phenoxy) is 1. The van der Waals surface area contributed by atoms with Gasteiger partial charge in [0.15, 0.2) is 0 Å². The van der Waals surface area contributed by atoms with Crippen molar-refractivity contribution in [2.45, 2.75) is 32.3 Å². The average Bonchev–Trinajstić information content (AvgIpc) is 2.45. The molecule has 0 radical (unpaired) electrons. The molecule has 2 rings (SSSR count). The molecular weight excluding hydrogens is 280 g/mol. The Kier molecular flexibility index (Phi) is 5.20. The van der Waals surface area contributed by atoms with Crippen LogP contribution in [0.4, 0.5) is 5.82 Å². The summed E-state index contributed by atoms with van der Waals surface area (Å²) in [5.74, 6) is -0.495. The van der Waals surface area contributed by atoms with Crippen LogP contribution in [-0.4, -0.2) is 41.9 Å². The predicted octanol–water partition coefficient (Wildman–Crippen LogP) is 2.83. The van der Waals surface area contributed by atoms with Gasteiger partial charge in [-0.25, -0.2) is 9.78 Å². The smallest absolute Gasteiger partial charge is 0.337 e. The first-order valence-corrected chi connectivity index (χ1v) is 7.25. The standard InChI is InChI=1S/C14H19ClN2O3/c1-2-8-20-10-4-3-7-17(9-10)13-12(15)11(14(18)19)5-6-16-13/h5-6,10H,2-4,7-9H2,1H3,(H,18,19). The minimum Gasteiger partial charge on any atom is -0.478 e. The molecule has 1 aromatic heterocycles. The van der Waals surface area contributed by atoms with Crippen molar-refractivity contribution in [1.29, 1.82) is 0 Å². The molecule has 0 bridgehead atoms. The van der Waals surface area contributed by atoms with Crippen LogP contribution < -0.4 is 4.90 Å². The van der Waals surface area contributed by atoms with Crippen molar-refractivity contribution >= 4 is 23.4 Å². The third-order valence-corrected chi connectivity index (χ3v) is 3.71. The van der Waals surface area contributed by atoms with Crippen LogP contribution in [0.15, 0.2) is 12.3 Å². The third-order valence-electron chi connectivity index (χ3n) is 3.34. The van der Waals surface area contributed by atoms with Crippen LogP contribution in [0.2, 0.25) is 5.02 Å². The maximum atomic E-state index is 11.1. The molecule has 110 valence electrons. The second-order valence-electron chi connectivity index (χ2n) is 4.88. The van der Waals surface area contributed by atoms with Gasteiger partial charge in [0, 0.05) is 25.9 Å². The summed E-state index contributed by atoms with van der Waals surface area (Å²) in [6.07, 6.45) is 4.65. The van der Waals surface area contributed by atoms with Gasteiger partial charge in [-0.15, -0.1) is 0 Å². The maximum absolute atomic E-state index is 11.1. The Morgan fingerprint density at radius 1 is 1.65 bits per heavy atom. The summed E-state index contributed by atoms with van der Waals surface area (Å²) in [5, 5.41) is 9.31. The lowest BCUT2D eigenvalue weighted by Crippen LogP contribution is -2.40. The zero-order valence-corrected chi connectivity index (χ0v) is 12.3. The monoisotopic (exact) mass is 298 g/mol. The number of halogens is 1. The highest BCUT2D eigenvalue weighted by molar-refractivity contribution is 6.35. The lowest BCUT2D eigenvalue weighted by Gasteiger charge is -2.34. The Hall–Kier alpha value is -1.33. The van der Waals surface area contributed by atoms with Crippen molar-refractivity contribution in [3.8, 4) is 0 Å². The summed E-state index contributed by atoms with van der Waals surface area (Å²) in [6, 6.07) is 1.42. The first-order chi connectivity index (χ1) is 9.63. The number of hydrogen-bond acceptors (Lipinski definition) is 4. The molecule has 2 heterocycles. The molecule has 0 saturated carbocycles. The van der Waals surface area contributed by atoms with Crippen LogP contribution in [0.1, 0.15) is 36.5 Å². The van der Waals surface area contributed by atoms with Crippen molar-refractivity contribution in [2.75, 3.05) is 24.6 Å². The first-order valence-electron chi connectivity index (χ1n) is 6.87. The normalized spacial score (nSPS) is 19.1. The molecular formula is C14H19ClN2O3. The molecule has 5 nitrogen and oxygen atoms in total. The van der Waals surface area contributed by atoms with Crippen LogP contribution in [0.5, 0.6) is 0 Å². The van der Waals surface area contributed by atoms with Gasteiger partial charge in [0.1, 0.15) is 5.82 Å². The van der Waals surface area contributed by atoms with Gasteiger partial charge in [-0.3, -0.25) is 0 Å². The molecule has 0 aliphatic carbocycles. The van der Waals surface area contributed by atoms with Gasteiger partial charge >= 0.3 is 5.97 Å². The highest BCUT2D eigenvalue weighted by atomic mass is 35.5. The zero-order chi connectivity index (χ0) is 14.5. The first kappa shape index (κ1) is 15.1. The quantitative estimate of drug-likeness (QED) is 0.905. The van der Waals surface area contributed by atoms with Crippen LogP contribution in [0.3, 0.4) is 0 Å². The van der Waals surface area contributed by atoms with Crippen LogP contribution >= 0.6 is 11.6 Å². The Morgan fingerprint density at radius 2 is 2.45 bits per heavy atom. The van der Waals surface area contributed by atoms with Crippen LogP contribution in [0.25, 0.3) is 0 Å². The second kappa shape index (κ2) is 6.90. The largest absolute Gasteiger partial charge is 0.478 e. The van der Waals surface area contributed by atoms with E-state index in [9.17, 15) is 4.79 Å². The van der Waals surface area contributed by atoms with Gasteiger partial charge in [-0.1, -0.05) is 18.5 Å². The Morgan fingerprint density at radius 3 is 3.15 bits per heavy atom. The van der Waals surface area contributed by atoms with Crippen molar-refractivity contribution in [2.24, 2.45) is 0 Å². The molecule has 0 spiro atoms. The molecule has 1 atom stereocenters. The lowest BCUT2D eigenvalue weighted by atomic mass is 10.1. The summed E-state index contributed by atoms with van der Waals surface area (Å²) in [5.41, 5.74) is 0.0910. The fraction of sp³-hybridized carbons (Fsp3) is 0.571. The van der Waals surface area contributed by atoms with E-state index in [1.54, 1.807) is 0 Å². The SMILES string of the molecule is CCCOC1CCCN(c2nccc(C(=O)O)c2Cl)C1. The highest BCUT2D eigenvalue weighted by Gasteiger charge is 2.24. The molecule has 1 unspecified atom stereocenters. The van der Waals surface area contributed by atoms with E-state index < -0.39 is 5.97 Å². The average molecular weight is 299 g/mol. The molecule has 0 aromatic carbocycles. The zero-order valence-electron chi connectivity index (χ0n) is 11.5. The number of carboxylic acids is 1. The van der Waals surface area contributed by atoms with Crippen molar-refractivity contribution in [3.63, 3.8) is 0 Å². The predicted molar refractivity (Wildman–Crippen MR) is 77.7 cm³/mol. The van der Waals surface area contributed by atoms with Gasteiger partial charge in [0.25, 0.3) is 0 Å². The van der Waals surface area contributed by atoms with E-state index >= 15 is 0 Å². The van der Waals surface area contributed by atoms with Gasteiger partial charge < -0.3 is 14.7 Å². The van der Waals surface area contributed by atoms with Crippen molar-refractivity contribution in [3.05, 3.63) is 22.8 Å². The molecule has 1 aliphatic heterocycles. The summed E-state index contributed by atoms with van der Waals surface area (Å²) < 4.78 is 5.77. The van der Waals surface area contributed by atoms with Gasteiger partial charge in [0.05, 0.1) is 16.7 Å². The topological polar surface area (TPSA) is 62.7 Å². The number of piperidine rings is 1. The number of carboxylic acid groups (broad SMARTS) is 1. The number of anilines is 1. The summed E-state index contributed by atoms with van der Waals surface area (Å²) >= 11 is 6.16. The van der Waals surface area contributed by atoms with E-state index in [1.165, 1.54) is 12.3 Å².